The molecule has 0 saturated heterocycles. The highest BCUT2D eigenvalue weighted by molar-refractivity contribution is 6.61. The summed E-state index contributed by atoms with van der Waals surface area (Å²) in [6.45, 7) is 5.32. The minimum Gasteiger partial charge on any atom is -0.423 e. The first kappa shape index (κ1) is 35.1. The van der Waals surface area contributed by atoms with Crippen molar-refractivity contribution in [1.82, 2.24) is 0 Å². The van der Waals surface area contributed by atoms with E-state index >= 15 is 0 Å². The van der Waals surface area contributed by atoms with E-state index in [-0.39, 0.29) is 12.1 Å². The van der Waals surface area contributed by atoms with Crippen LogP contribution >= 0.6 is 0 Å². The SMILES string of the molecule is CC(c1ccccc1)N(Cc1c2ccccc2c(CN(c2ccccc2B(O)O)C(C)c2ccccc2)c2ccccc12)c1ccccc1B(O)O. The lowest BCUT2D eigenvalue weighted by Crippen LogP contribution is -2.38. The summed E-state index contributed by atoms with van der Waals surface area (Å²) in [5.74, 6) is 0. The smallest absolute Gasteiger partial charge is 0.423 e. The van der Waals surface area contributed by atoms with Crippen LogP contribution in [0, 0.1) is 0 Å². The average Bonchev–Trinajstić information content (AvgIpc) is 3.19. The summed E-state index contributed by atoms with van der Waals surface area (Å²) in [5, 5.41) is 46.4. The molecule has 6 nitrogen and oxygen atoms in total. The van der Waals surface area contributed by atoms with Crippen LogP contribution in [-0.2, 0) is 13.1 Å². The second-order valence-electron chi connectivity index (χ2n) is 13.3. The van der Waals surface area contributed by atoms with Crippen LogP contribution in [0.4, 0.5) is 11.4 Å². The van der Waals surface area contributed by atoms with Crippen LogP contribution in [0.25, 0.3) is 21.5 Å². The Morgan fingerprint density at radius 1 is 0.404 bits per heavy atom. The number of hydrogen-bond donors (Lipinski definition) is 4. The molecule has 0 bridgehead atoms. The molecular weight excluding hydrogens is 642 g/mol. The first-order valence-electron chi connectivity index (χ1n) is 17.8. The zero-order valence-electron chi connectivity index (χ0n) is 29.4. The molecule has 0 aliphatic rings. The molecule has 7 aromatic rings. The fourth-order valence-corrected chi connectivity index (χ4v) is 7.61. The Labute approximate surface area is 306 Å². The van der Waals surface area contributed by atoms with E-state index in [0.29, 0.717) is 24.0 Å². The first-order valence-corrected chi connectivity index (χ1v) is 17.8. The van der Waals surface area contributed by atoms with Crippen LogP contribution in [0.15, 0.2) is 158 Å². The third kappa shape index (κ3) is 6.94. The molecule has 258 valence electrons. The molecule has 0 aliphatic heterocycles. The molecular formula is C44H42B2N2O4. The molecule has 0 aliphatic carbocycles. The van der Waals surface area contributed by atoms with Crippen LogP contribution in [0.3, 0.4) is 0 Å². The van der Waals surface area contributed by atoms with Crippen molar-refractivity contribution in [2.75, 3.05) is 9.80 Å². The second-order valence-corrected chi connectivity index (χ2v) is 13.3. The van der Waals surface area contributed by atoms with Crippen molar-refractivity contribution in [3.05, 3.63) is 180 Å². The molecule has 52 heavy (non-hydrogen) atoms. The number of anilines is 2. The van der Waals surface area contributed by atoms with Gasteiger partial charge in [0.15, 0.2) is 0 Å². The van der Waals surface area contributed by atoms with Gasteiger partial charge in [-0.15, -0.1) is 0 Å². The molecule has 0 fully saturated rings. The highest BCUT2D eigenvalue weighted by atomic mass is 16.4. The Hall–Kier alpha value is -5.37. The van der Waals surface area contributed by atoms with E-state index < -0.39 is 14.2 Å². The minimum absolute atomic E-state index is 0.0954. The molecule has 0 radical (unpaired) electrons. The summed E-state index contributed by atoms with van der Waals surface area (Å²) in [6.07, 6.45) is 0. The highest BCUT2D eigenvalue weighted by Crippen LogP contribution is 2.39. The topological polar surface area (TPSA) is 87.4 Å². The molecule has 4 N–H and O–H groups in total. The predicted molar refractivity (Wildman–Crippen MR) is 216 cm³/mol. The maximum absolute atomic E-state index is 10.5. The van der Waals surface area contributed by atoms with E-state index in [1.807, 2.05) is 72.8 Å². The molecule has 7 rings (SSSR count). The molecule has 2 unspecified atom stereocenters. The van der Waals surface area contributed by atoms with Gasteiger partial charge < -0.3 is 29.9 Å². The van der Waals surface area contributed by atoms with E-state index in [1.54, 1.807) is 12.1 Å². The second kappa shape index (κ2) is 15.5. The quantitative estimate of drug-likeness (QED) is 0.0829. The Morgan fingerprint density at radius 2 is 0.692 bits per heavy atom. The van der Waals surface area contributed by atoms with Crippen molar-refractivity contribution in [1.29, 1.82) is 0 Å². The van der Waals surface area contributed by atoms with E-state index in [0.717, 1.165) is 55.2 Å². The maximum Gasteiger partial charge on any atom is 0.490 e. The van der Waals surface area contributed by atoms with Gasteiger partial charge in [-0.2, -0.15) is 0 Å². The molecule has 0 amide bonds. The van der Waals surface area contributed by atoms with Crippen LogP contribution < -0.4 is 20.7 Å². The van der Waals surface area contributed by atoms with Crippen molar-refractivity contribution in [3.63, 3.8) is 0 Å². The van der Waals surface area contributed by atoms with Gasteiger partial charge >= 0.3 is 14.2 Å². The standard InChI is InChI=1S/C44H42B2N2O4/c1-31(33-17-5-3-6-18-33)47(43-27-15-13-25-41(43)45(49)50)29-39-35-21-9-11-23-37(35)40(38-24-12-10-22-36(38)39)30-48(32(2)34-19-7-4-8-20-34)44-28-16-14-26-42(44)46(51)52/h3-28,31-32,49-52H,29-30H2,1-2H3. The summed E-state index contributed by atoms with van der Waals surface area (Å²) in [7, 11) is -3.26. The highest BCUT2D eigenvalue weighted by Gasteiger charge is 2.28. The zero-order chi connectivity index (χ0) is 36.2. The van der Waals surface area contributed by atoms with Crippen molar-refractivity contribution in [2.45, 2.75) is 39.0 Å². The lowest BCUT2D eigenvalue weighted by atomic mass is 9.78. The van der Waals surface area contributed by atoms with Crippen molar-refractivity contribution >= 4 is 58.1 Å². The number of nitrogens with zero attached hydrogens (tertiary/aromatic N) is 2. The van der Waals surface area contributed by atoms with Crippen LogP contribution in [0.5, 0.6) is 0 Å². The van der Waals surface area contributed by atoms with Gasteiger partial charge in [-0.25, -0.2) is 0 Å². The maximum atomic E-state index is 10.5. The van der Waals surface area contributed by atoms with Gasteiger partial charge in [0.25, 0.3) is 0 Å². The Kier molecular flexibility index (Phi) is 10.4. The zero-order valence-corrected chi connectivity index (χ0v) is 29.4. The van der Waals surface area contributed by atoms with Crippen molar-refractivity contribution in [3.8, 4) is 0 Å². The fraction of sp³-hybridized carbons (Fsp3) is 0.136. The van der Waals surface area contributed by atoms with E-state index in [9.17, 15) is 20.1 Å². The van der Waals surface area contributed by atoms with Crippen LogP contribution in [-0.4, -0.2) is 34.3 Å². The number of benzene rings is 7. The number of hydrogen-bond acceptors (Lipinski definition) is 6. The average molecular weight is 684 g/mol. The Bertz CT molecular complexity index is 2070. The lowest BCUT2D eigenvalue weighted by molar-refractivity contribution is 0.424. The van der Waals surface area contributed by atoms with Gasteiger partial charge in [0.1, 0.15) is 0 Å². The fourth-order valence-electron chi connectivity index (χ4n) is 7.61. The van der Waals surface area contributed by atoms with Crippen LogP contribution in [0.1, 0.15) is 48.2 Å². The van der Waals surface area contributed by atoms with Crippen molar-refractivity contribution in [2.24, 2.45) is 0 Å². The number of para-hydroxylation sites is 2. The normalized spacial score (nSPS) is 12.4. The summed E-state index contributed by atoms with van der Waals surface area (Å²) in [6, 6.07) is 52.4. The predicted octanol–water partition coefficient (Wildman–Crippen LogP) is 6.89. The monoisotopic (exact) mass is 684 g/mol. The molecule has 0 saturated carbocycles. The Balaban J connectivity index is 1.43. The molecule has 8 heteroatoms. The van der Waals surface area contributed by atoms with Crippen molar-refractivity contribution < 1.29 is 20.1 Å². The third-order valence-electron chi connectivity index (χ3n) is 10.4. The van der Waals surface area contributed by atoms with Gasteiger partial charge in [-0.3, -0.25) is 0 Å². The molecule has 0 heterocycles. The van der Waals surface area contributed by atoms with E-state index in [1.165, 1.54) is 0 Å². The number of fused-ring (bicyclic) bond motifs is 2. The lowest BCUT2D eigenvalue weighted by Gasteiger charge is -2.36. The summed E-state index contributed by atoms with van der Waals surface area (Å²) < 4.78 is 0. The summed E-state index contributed by atoms with van der Waals surface area (Å²) >= 11 is 0. The molecule has 7 aromatic carbocycles. The van der Waals surface area contributed by atoms with Gasteiger partial charge in [-0.1, -0.05) is 146 Å². The van der Waals surface area contributed by atoms with E-state index in [2.05, 4.69) is 96.4 Å². The van der Waals surface area contributed by atoms with Gasteiger partial charge in [0.2, 0.25) is 0 Å². The van der Waals surface area contributed by atoms with Gasteiger partial charge in [0, 0.05) is 35.4 Å². The minimum atomic E-state index is -1.63. The molecule has 0 aromatic heterocycles. The largest absolute Gasteiger partial charge is 0.490 e. The third-order valence-corrected chi connectivity index (χ3v) is 10.4. The Morgan fingerprint density at radius 3 is 1.02 bits per heavy atom. The van der Waals surface area contributed by atoms with E-state index in [4.69, 9.17) is 0 Å². The molecule has 0 spiro atoms. The number of rotatable bonds is 12. The van der Waals surface area contributed by atoms with Gasteiger partial charge in [-0.05, 0) is 69.8 Å². The summed E-state index contributed by atoms with van der Waals surface area (Å²) in [4.78, 5) is 4.53. The van der Waals surface area contributed by atoms with Gasteiger partial charge in [0.05, 0.1) is 12.1 Å². The molecule has 2 atom stereocenters. The summed E-state index contributed by atoms with van der Waals surface area (Å²) in [5.41, 5.74) is 6.91. The first-order chi connectivity index (χ1) is 25.3. The van der Waals surface area contributed by atoms with Crippen LogP contribution in [0.2, 0.25) is 0 Å².